The van der Waals surface area contributed by atoms with Gasteiger partial charge in [-0.25, -0.2) is 4.39 Å². The Balaban J connectivity index is 1.24. The fourth-order valence-electron chi connectivity index (χ4n) is 5.06. The summed E-state index contributed by atoms with van der Waals surface area (Å²) in [6.45, 7) is 0.943. The van der Waals surface area contributed by atoms with Crippen LogP contribution in [-0.4, -0.2) is 23.3 Å². The zero-order valence-corrected chi connectivity index (χ0v) is 19.2. The van der Waals surface area contributed by atoms with E-state index < -0.39 is 5.82 Å². The number of halogens is 1. The van der Waals surface area contributed by atoms with Gasteiger partial charge < -0.3 is 14.6 Å². The van der Waals surface area contributed by atoms with Crippen LogP contribution in [0.4, 0.5) is 10.1 Å². The number of benzene rings is 2. The summed E-state index contributed by atoms with van der Waals surface area (Å²) in [4.78, 5) is 26.9. The lowest BCUT2D eigenvalue weighted by Gasteiger charge is -2.26. The zero-order chi connectivity index (χ0) is 23.5. The number of hydrogen-bond donors (Lipinski definition) is 1. The highest BCUT2D eigenvalue weighted by atomic mass is 19.1. The molecule has 5 nitrogen and oxygen atoms in total. The van der Waals surface area contributed by atoms with E-state index in [1.807, 2.05) is 30.3 Å². The fourth-order valence-corrected chi connectivity index (χ4v) is 5.06. The van der Waals surface area contributed by atoms with Gasteiger partial charge in [0, 0.05) is 48.3 Å². The maximum absolute atomic E-state index is 13.5. The van der Waals surface area contributed by atoms with Crippen LogP contribution in [0.25, 0.3) is 11.3 Å². The number of anilines is 1. The molecule has 5 rings (SSSR count). The molecular formula is C28H29FN2O3. The standard InChI is InChI=1S/C28H29FN2O3/c29-23-9-3-8-21(15-23)28(33)31-14-13-25-22(18-31)17-26(34-25)20-7-4-10-24(16-20)30-27(32)12-11-19-5-1-2-6-19/h3-4,7-10,15-17,19H,1-2,5-6,11-14,18H2,(H,30,32). The number of hydrogen-bond acceptors (Lipinski definition) is 3. The van der Waals surface area contributed by atoms with Crippen molar-refractivity contribution in [3.63, 3.8) is 0 Å². The second-order valence-corrected chi connectivity index (χ2v) is 9.36. The van der Waals surface area contributed by atoms with E-state index in [9.17, 15) is 14.0 Å². The molecule has 3 aromatic rings. The van der Waals surface area contributed by atoms with Crippen molar-refractivity contribution in [2.75, 3.05) is 11.9 Å². The van der Waals surface area contributed by atoms with Crippen LogP contribution in [0.3, 0.4) is 0 Å². The molecule has 6 heteroatoms. The zero-order valence-electron chi connectivity index (χ0n) is 19.2. The Kier molecular flexibility index (Phi) is 6.48. The first-order valence-electron chi connectivity index (χ1n) is 12.1. The average Bonchev–Trinajstić information content (AvgIpc) is 3.52. The van der Waals surface area contributed by atoms with Crippen LogP contribution in [0.5, 0.6) is 0 Å². The van der Waals surface area contributed by atoms with E-state index in [0.29, 0.717) is 43.2 Å². The Morgan fingerprint density at radius 3 is 2.71 bits per heavy atom. The van der Waals surface area contributed by atoms with Crippen LogP contribution in [0.1, 0.15) is 60.2 Å². The Bertz CT molecular complexity index is 1200. The Morgan fingerprint density at radius 1 is 1.06 bits per heavy atom. The van der Waals surface area contributed by atoms with Crippen molar-refractivity contribution >= 4 is 17.5 Å². The van der Waals surface area contributed by atoms with E-state index in [-0.39, 0.29) is 11.8 Å². The highest BCUT2D eigenvalue weighted by molar-refractivity contribution is 5.94. The molecule has 34 heavy (non-hydrogen) atoms. The quantitative estimate of drug-likeness (QED) is 0.477. The van der Waals surface area contributed by atoms with Crippen molar-refractivity contribution in [3.8, 4) is 11.3 Å². The lowest BCUT2D eigenvalue weighted by Crippen LogP contribution is -2.35. The predicted molar refractivity (Wildman–Crippen MR) is 129 cm³/mol. The molecule has 0 bridgehead atoms. The lowest BCUT2D eigenvalue weighted by molar-refractivity contribution is -0.116. The van der Waals surface area contributed by atoms with Crippen LogP contribution >= 0.6 is 0 Å². The number of rotatable bonds is 6. The SMILES string of the molecule is O=C(CCC1CCCC1)Nc1cccc(-c2cc3c(o2)CCN(C(=O)c2cccc(F)c2)C3)c1. The van der Waals surface area contributed by atoms with Gasteiger partial charge in [0.05, 0.1) is 0 Å². The van der Waals surface area contributed by atoms with Gasteiger partial charge in [-0.3, -0.25) is 9.59 Å². The van der Waals surface area contributed by atoms with Crippen molar-refractivity contribution < 1.29 is 18.4 Å². The molecule has 1 fully saturated rings. The predicted octanol–water partition coefficient (Wildman–Crippen LogP) is 6.19. The molecule has 1 N–H and O–H groups in total. The van der Waals surface area contributed by atoms with Gasteiger partial charge in [0.15, 0.2) is 0 Å². The number of carbonyl (C=O) groups is 2. The summed E-state index contributed by atoms with van der Waals surface area (Å²) in [5.74, 6) is 1.72. The number of furan rings is 1. The summed E-state index contributed by atoms with van der Waals surface area (Å²) in [5, 5.41) is 3.02. The highest BCUT2D eigenvalue weighted by Gasteiger charge is 2.25. The molecule has 0 spiro atoms. The van der Waals surface area contributed by atoms with Gasteiger partial charge in [-0.05, 0) is 48.7 Å². The largest absolute Gasteiger partial charge is 0.461 e. The van der Waals surface area contributed by atoms with E-state index >= 15 is 0 Å². The van der Waals surface area contributed by atoms with Gasteiger partial charge in [0.1, 0.15) is 17.3 Å². The molecule has 2 heterocycles. The van der Waals surface area contributed by atoms with Crippen molar-refractivity contribution in [1.82, 2.24) is 4.90 Å². The first kappa shape index (κ1) is 22.4. The molecule has 1 aliphatic heterocycles. The minimum Gasteiger partial charge on any atom is -0.461 e. The van der Waals surface area contributed by atoms with E-state index in [1.165, 1.54) is 37.8 Å². The second-order valence-electron chi connectivity index (χ2n) is 9.36. The minimum atomic E-state index is -0.417. The van der Waals surface area contributed by atoms with E-state index in [2.05, 4.69) is 5.32 Å². The van der Waals surface area contributed by atoms with Crippen LogP contribution in [0.2, 0.25) is 0 Å². The normalized spacial score (nSPS) is 15.9. The summed E-state index contributed by atoms with van der Waals surface area (Å²) in [5.41, 5.74) is 2.94. The number of nitrogens with one attached hydrogen (secondary N) is 1. The molecule has 1 aromatic heterocycles. The molecule has 2 aromatic carbocycles. The van der Waals surface area contributed by atoms with Gasteiger partial charge in [0.2, 0.25) is 5.91 Å². The van der Waals surface area contributed by atoms with Crippen molar-refractivity contribution in [3.05, 3.63) is 77.3 Å². The Labute approximate surface area is 199 Å². The van der Waals surface area contributed by atoms with Crippen LogP contribution in [-0.2, 0) is 17.8 Å². The van der Waals surface area contributed by atoms with Gasteiger partial charge in [-0.2, -0.15) is 0 Å². The van der Waals surface area contributed by atoms with Crippen LogP contribution < -0.4 is 5.32 Å². The molecular weight excluding hydrogens is 431 g/mol. The van der Waals surface area contributed by atoms with Gasteiger partial charge in [0.25, 0.3) is 5.91 Å². The first-order valence-corrected chi connectivity index (χ1v) is 12.1. The fraction of sp³-hybridized carbons (Fsp3) is 0.357. The average molecular weight is 461 g/mol. The molecule has 0 saturated heterocycles. The van der Waals surface area contributed by atoms with Crippen LogP contribution in [0.15, 0.2) is 59.0 Å². The summed E-state index contributed by atoms with van der Waals surface area (Å²) in [6.07, 6.45) is 7.19. The third-order valence-corrected chi connectivity index (χ3v) is 6.91. The topological polar surface area (TPSA) is 62.6 Å². The van der Waals surface area contributed by atoms with Crippen molar-refractivity contribution in [2.24, 2.45) is 5.92 Å². The molecule has 1 aliphatic carbocycles. The van der Waals surface area contributed by atoms with E-state index in [4.69, 9.17) is 4.42 Å². The number of carbonyl (C=O) groups excluding carboxylic acids is 2. The molecule has 176 valence electrons. The van der Waals surface area contributed by atoms with Crippen LogP contribution in [0, 0.1) is 11.7 Å². The molecule has 2 amide bonds. The third-order valence-electron chi connectivity index (χ3n) is 6.91. The monoisotopic (exact) mass is 460 g/mol. The highest BCUT2D eigenvalue weighted by Crippen LogP contribution is 2.32. The molecule has 0 unspecified atom stereocenters. The summed E-state index contributed by atoms with van der Waals surface area (Å²) in [7, 11) is 0. The van der Waals surface area contributed by atoms with Crippen molar-refractivity contribution in [1.29, 1.82) is 0 Å². The second kappa shape index (κ2) is 9.84. The molecule has 0 radical (unpaired) electrons. The number of amides is 2. The first-order chi connectivity index (χ1) is 16.5. The van der Waals surface area contributed by atoms with Gasteiger partial charge in [-0.1, -0.05) is 43.9 Å². The van der Waals surface area contributed by atoms with E-state index in [1.54, 1.807) is 17.0 Å². The molecule has 1 saturated carbocycles. The smallest absolute Gasteiger partial charge is 0.254 e. The summed E-state index contributed by atoms with van der Waals surface area (Å²) >= 11 is 0. The maximum Gasteiger partial charge on any atom is 0.254 e. The number of nitrogens with zero attached hydrogens (tertiary/aromatic N) is 1. The number of fused-ring (bicyclic) bond motifs is 1. The maximum atomic E-state index is 13.5. The van der Waals surface area contributed by atoms with Crippen molar-refractivity contribution in [2.45, 2.75) is 51.5 Å². The lowest BCUT2D eigenvalue weighted by atomic mass is 10.0. The summed E-state index contributed by atoms with van der Waals surface area (Å²) in [6, 6.07) is 15.4. The molecule has 2 aliphatic rings. The molecule has 0 atom stereocenters. The third kappa shape index (κ3) is 5.06. The minimum absolute atomic E-state index is 0.0503. The van der Waals surface area contributed by atoms with E-state index in [0.717, 1.165) is 29.0 Å². The Morgan fingerprint density at radius 2 is 1.88 bits per heavy atom. The summed E-state index contributed by atoms with van der Waals surface area (Å²) < 4.78 is 19.6. The Hall–Kier alpha value is -3.41. The van der Waals surface area contributed by atoms with Gasteiger partial charge >= 0.3 is 0 Å². The van der Waals surface area contributed by atoms with Gasteiger partial charge in [-0.15, -0.1) is 0 Å².